The van der Waals surface area contributed by atoms with Gasteiger partial charge in [0.15, 0.2) is 0 Å². The lowest BCUT2D eigenvalue weighted by atomic mass is 10.0. The van der Waals surface area contributed by atoms with Crippen LogP contribution in [0.2, 0.25) is 5.02 Å². The number of nitrogens with one attached hydrogen (secondary N) is 2. The molecular weight excluding hydrogens is 384 g/mol. The lowest BCUT2D eigenvalue weighted by Crippen LogP contribution is -2.47. The number of likely N-dealkylation sites (tertiary alicyclic amines) is 1. The Morgan fingerprint density at radius 2 is 2.14 bits per heavy atom. The number of pyridine rings is 1. The molecule has 5 nitrogen and oxygen atoms in total. The van der Waals surface area contributed by atoms with Crippen molar-refractivity contribution in [3.05, 3.63) is 65.3 Å². The maximum absolute atomic E-state index is 12.8. The molecule has 1 saturated heterocycles. The van der Waals surface area contributed by atoms with Crippen LogP contribution in [0.5, 0.6) is 0 Å². The normalized spacial score (nSPS) is 17.2. The van der Waals surface area contributed by atoms with Gasteiger partial charge in [0, 0.05) is 46.1 Å². The van der Waals surface area contributed by atoms with E-state index in [1.165, 1.54) is 0 Å². The van der Waals surface area contributed by atoms with E-state index in [4.69, 9.17) is 11.6 Å². The van der Waals surface area contributed by atoms with Crippen LogP contribution in [0.3, 0.4) is 0 Å². The quantitative estimate of drug-likeness (QED) is 0.633. The number of halogens is 1. The first-order chi connectivity index (χ1) is 14.1. The highest BCUT2D eigenvalue weighted by atomic mass is 35.5. The summed E-state index contributed by atoms with van der Waals surface area (Å²) >= 11 is 6.08. The Bertz CT molecular complexity index is 1020. The second kappa shape index (κ2) is 8.80. The van der Waals surface area contributed by atoms with E-state index in [9.17, 15) is 4.79 Å². The molecule has 6 heteroatoms. The maximum atomic E-state index is 12.8. The van der Waals surface area contributed by atoms with Crippen molar-refractivity contribution in [3.8, 4) is 0 Å². The van der Waals surface area contributed by atoms with Gasteiger partial charge in [-0.1, -0.05) is 24.6 Å². The summed E-state index contributed by atoms with van der Waals surface area (Å²) in [7, 11) is 0. The molecule has 0 aliphatic carbocycles. The fraction of sp³-hybridized carbons (Fsp3) is 0.304. The van der Waals surface area contributed by atoms with Gasteiger partial charge in [0.05, 0.1) is 5.52 Å². The summed E-state index contributed by atoms with van der Waals surface area (Å²) in [5.74, 6) is -0.0250. The van der Waals surface area contributed by atoms with Gasteiger partial charge in [-0.3, -0.25) is 9.78 Å². The molecule has 2 N–H and O–H groups in total. The fourth-order valence-electron chi connectivity index (χ4n) is 3.85. The summed E-state index contributed by atoms with van der Waals surface area (Å²) in [5.41, 5.74) is 3.27. The van der Waals surface area contributed by atoms with Crippen LogP contribution < -0.4 is 10.6 Å². The number of rotatable bonds is 5. The molecule has 150 valence electrons. The van der Waals surface area contributed by atoms with Gasteiger partial charge >= 0.3 is 0 Å². The number of anilines is 2. The van der Waals surface area contributed by atoms with E-state index in [0.717, 1.165) is 54.8 Å². The standard InChI is InChI=1S/C23H25ClN4O/c1-2-28-12-4-7-19(15-28)27-23(29)16-5-3-6-18(13-16)26-21-10-11-25-22-14-17(24)8-9-20(21)22/h3,5-6,8-11,13-14,19H,2,4,7,12,15H2,1H3,(H,25,26)(H,27,29). The van der Waals surface area contributed by atoms with Gasteiger partial charge < -0.3 is 15.5 Å². The molecule has 1 unspecified atom stereocenters. The first kappa shape index (κ1) is 19.7. The molecule has 0 spiro atoms. The third-order valence-electron chi connectivity index (χ3n) is 5.40. The number of nitrogens with zero attached hydrogens (tertiary/aromatic N) is 2. The number of carbonyl (C=O) groups is 1. The molecule has 0 radical (unpaired) electrons. The molecule has 4 rings (SSSR count). The van der Waals surface area contributed by atoms with Crippen molar-refractivity contribution in [1.29, 1.82) is 0 Å². The monoisotopic (exact) mass is 408 g/mol. The molecule has 1 aromatic heterocycles. The van der Waals surface area contributed by atoms with E-state index in [-0.39, 0.29) is 11.9 Å². The highest BCUT2D eigenvalue weighted by molar-refractivity contribution is 6.31. The van der Waals surface area contributed by atoms with Gasteiger partial charge in [-0.15, -0.1) is 0 Å². The molecule has 2 heterocycles. The number of aromatic nitrogens is 1. The molecule has 3 aromatic rings. The SMILES string of the molecule is CCN1CCCC(NC(=O)c2cccc(Nc3ccnc4cc(Cl)ccc34)c2)C1. The molecule has 29 heavy (non-hydrogen) atoms. The molecule has 1 fully saturated rings. The number of likely N-dealkylation sites (N-methyl/N-ethyl adjacent to an activating group) is 1. The Balaban J connectivity index is 1.50. The predicted octanol–water partition coefficient (Wildman–Crippen LogP) is 4.85. The van der Waals surface area contributed by atoms with E-state index < -0.39 is 0 Å². The third kappa shape index (κ3) is 4.69. The molecule has 1 aliphatic heterocycles. The van der Waals surface area contributed by atoms with Gasteiger partial charge in [-0.2, -0.15) is 0 Å². The van der Waals surface area contributed by atoms with Crippen LogP contribution in [0, 0.1) is 0 Å². The molecule has 1 amide bonds. The summed E-state index contributed by atoms with van der Waals surface area (Å²) in [6.07, 6.45) is 3.91. The number of hydrogen-bond acceptors (Lipinski definition) is 4. The highest BCUT2D eigenvalue weighted by Gasteiger charge is 2.20. The zero-order chi connectivity index (χ0) is 20.2. The van der Waals surface area contributed by atoms with E-state index in [0.29, 0.717) is 10.6 Å². The van der Waals surface area contributed by atoms with Gasteiger partial charge in [-0.25, -0.2) is 0 Å². The van der Waals surface area contributed by atoms with Crippen molar-refractivity contribution in [1.82, 2.24) is 15.2 Å². The average molecular weight is 409 g/mol. The Morgan fingerprint density at radius 1 is 1.24 bits per heavy atom. The first-order valence-electron chi connectivity index (χ1n) is 10.1. The van der Waals surface area contributed by atoms with Crippen LogP contribution in [0.25, 0.3) is 10.9 Å². The maximum Gasteiger partial charge on any atom is 0.251 e. The number of carbonyl (C=O) groups excluding carboxylic acids is 1. The topological polar surface area (TPSA) is 57.3 Å². The first-order valence-corrected chi connectivity index (χ1v) is 10.4. The summed E-state index contributed by atoms with van der Waals surface area (Å²) in [4.78, 5) is 19.5. The van der Waals surface area contributed by atoms with Crippen molar-refractivity contribution in [2.24, 2.45) is 0 Å². The number of piperidine rings is 1. The number of hydrogen-bond donors (Lipinski definition) is 2. The number of fused-ring (bicyclic) bond motifs is 1. The minimum absolute atomic E-state index is 0.0250. The Hall–Kier alpha value is -2.63. The lowest BCUT2D eigenvalue weighted by Gasteiger charge is -2.32. The molecule has 1 atom stereocenters. The van der Waals surface area contributed by atoms with Crippen LogP contribution in [0.1, 0.15) is 30.1 Å². The smallest absolute Gasteiger partial charge is 0.251 e. The summed E-state index contributed by atoms with van der Waals surface area (Å²) in [6.45, 7) is 5.23. The lowest BCUT2D eigenvalue weighted by molar-refractivity contribution is 0.0906. The van der Waals surface area contributed by atoms with E-state index in [1.54, 1.807) is 6.20 Å². The average Bonchev–Trinajstić information content (AvgIpc) is 2.74. The fourth-order valence-corrected chi connectivity index (χ4v) is 4.02. The van der Waals surface area contributed by atoms with Crippen molar-refractivity contribution < 1.29 is 4.79 Å². The summed E-state index contributed by atoms with van der Waals surface area (Å²) in [5, 5.41) is 8.24. The van der Waals surface area contributed by atoms with Crippen molar-refractivity contribution in [2.75, 3.05) is 25.0 Å². The van der Waals surface area contributed by atoms with E-state index in [2.05, 4.69) is 27.4 Å². The minimum atomic E-state index is -0.0250. The Morgan fingerprint density at radius 3 is 3.00 bits per heavy atom. The Kier molecular flexibility index (Phi) is 5.97. The highest BCUT2D eigenvalue weighted by Crippen LogP contribution is 2.27. The van der Waals surface area contributed by atoms with E-state index in [1.807, 2.05) is 48.5 Å². The van der Waals surface area contributed by atoms with Crippen molar-refractivity contribution >= 4 is 39.8 Å². The van der Waals surface area contributed by atoms with Crippen LogP contribution >= 0.6 is 11.6 Å². The summed E-state index contributed by atoms with van der Waals surface area (Å²) in [6, 6.07) is 15.4. The Labute approximate surface area is 176 Å². The van der Waals surface area contributed by atoms with Gasteiger partial charge in [0.1, 0.15) is 0 Å². The predicted molar refractivity (Wildman–Crippen MR) is 119 cm³/mol. The van der Waals surface area contributed by atoms with Gasteiger partial charge in [0.2, 0.25) is 0 Å². The van der Waals surface area contributed by atoms with Gasteiger partial charge in [-0.05, 0) is 68.4 Å². The van der Waals surface area contributed by atoms with Crippen molar-refractivity contribution in [2.45, 2.75) is 25.8 Å². The van der Waals surface area contributed by atoms with Crippen LogP contribution in [0.4, 0.5) is 11.4 Å². The second-order valence-corrected chi connectivity index (χ2v) is 7.87. The van der Waals surface area contributed by atoms with Crippen LogP contribution in [-0.2, 0) is 0 Å². The second-order valence-electron chi connectivity index (χ2n) is 7.43. The third-order valence-corrected chi connectivity index (χ3v) is 5.63. The van der Waals surface area contributed by atoms with Gasteiger partial charge in [0.25, 0.3) is 5.91 Å². The molecule has 0 bridgehead atoms. The van der Waals surface area contributed by atoms with Crippen molar-refractivity contribution in [3.63, 3.8) is 0 Å². The van der Waals surface area contributed by atoms with Crippen LogP contribution in [0.15, 0.2) is 54.7 Å². The zero-order valence-corrected chi connectivity index (χ0v) is 17.2. The minimum Gasteiger partial charge on any atom is -0.355 e. The summed E-state index contributed by atoms with van der Waals surface area (Å²) < 4.78 is 0. The number of benzene rings is 2. The molecular formula is C23H25ClN4O. The molecule has 2 aromatic carbocycles. The zero-order valence-electron chi connectivity index (χ0n) is 16.5. The largest absolute Gasteiger partial charge is 0.355 e. The van der Waals surface area contributed by atoms with Crippen LogP contribution in [-0.4, -0.2) is 41.5 Å². The number of amides is 1. The van der Waals surface area contributed by atoms with E-state index >= 15 is 0 Å². The molecule has 1 aliphatic rings. The molecule has 0 saturated carbocycles.